The fraction of sp³-hybridized carbons (Fsp3) is 0.538. The number of benzene rings is 1. The number of aryl methyl sites for hydroxylation is 1. The van der Waals surface area contributed by atoms with E-state index in [-0.39, 0.29) is 12.4 Å². The van der Waals surface area contributed by atoms with Gasteiger partial charge in [0.15, 0.2) is 0 Å². The van der Waals surface area contributed by atoms with Crippen molar-refractivity contribution in [1.29, 1.82) is 0 Å². The van der Waals surface area contributed by atoms with Gasteiger partial charge >= 0.3 is 0 Å². The van der Waals surface area contributed by atoms with E-state index in [2.05, 4.69) is 12.2 Å². The van der Waals surface area contributed by atoms with Crippen LogP contribution in [0.15, 0.2) is 18.2 Å². The SMILES string of the molecule is CCC(CCO)NCc1cc(F)ccc1C. The van der Waals surface area contributed by atoms with E-state index in [1.807, 2.05) is 6.92 Å². The molecule has 0 saturated carbocycles. The van der Waals surface area contributed by atoms with Crippen LogP contribution in [0, 0.1) is 12.7 Å². The fourth-order valence-corrected chi connectivity index (χ4v) is 1.69. The lowest BCUT2D eigenvalue weighted by atomic mass is 10.1. The Morgan fingerprint density at radius 2 is 2.19 bits per heavy atom. The zero-order valence-electron chi connectivity index (χ0n) is 9.96. The highest BCUT2D eigenvalue weighted by Crippen LogP contribution is 2.10. The highest BCUT2D eigenvalue weighted by atomic mass is 19.1. The number of hydrogen-bond donors (Lipinski definition) is 2. The van der Waals surface area contributed by atoms with Gasteiger partial charge < -0.3 is 10.4 Å². The molecule has 0 heterocycles. The summed E-state index contributed by atoms with van der Waals surface area (Å²) in [6.45, 7) is 4.89. The second-order valence-corrected chi connectivity index (χ2v) is 4.07. The van der Waals surface area contributed by atoms with Gasteiger partial charge in [0.05, 0.1) is 0 Å². The van der Waals surface area contributed by atoms with E-state index in [0.717, 1.165) is 24.0 Å². The second kappa shape index (κ2) is 6.61. The van der Waals surface area contributed by atoms with Crippen LogP contribution >= 0.6 is 0 Å². The van der Waals surface area contributed by atoms with Gasteiger partial charge in [-0.05, 0) is 43.0 Å². The summed E-state index contributed by atoms with van der Waals surface area (Å²) in [4.78, 5) is 0. The van der Waals surface area contributed by atoms with Crippen LogP contribution in [0.2, 0.25) is 0 Å². The Bertz CT molecular complexity index is 328. The predicted octanol–water partition coefficient (Wildman–Crippen LogP) is 2.38. The zero-order chi connectivity index (χ0) is 12.0. The van der Waals surface area contributed by atoms with Crippen molar-refractivity contribution in [3.63, 3.8) is 0 Å². The summed E-state index contributed by atoms with van der Waals surface area (Å²) in [5, 5.41) is 12.2. The third-order valence-corrected chi connectivity index (χ3v) is 2.86. The van der Waals surface area contributed by atoms with Crippen molar-refractivity contribution in [3.05, 3.63) is 35.1 Å². The molecule has 0 spiro atoms. The van der Waals surface area contributed by atoms with Crippen molar-refractivity contribution in [2.75, 3.05) is 6.61 Å². The Balaban J connectivity index is 2.55. The first-order valence-electron chi connectivity index (χ1n) is 5.76. The quantitative estimate of drug-likeness (QED) is 0.779. The van der Waals surface area contributed by atoms with Crippen LogP contribution in [0.3, 0.4) is 0 Å². The van der Waals surface area contributed by atoms with Crippen molar-refractivity contribution in [3.8, 4) is 0 Å². The highest BCUT2D eigenvalue weighted by molar-refractivity contribution is 5.26. The van der Waals surface area contributed by atoms with E-state index in [0.29, 0.717) is 12.6 Å². The van der Waals surface area contributed by atoms with Crippen LogP contribution in [0.1, 0.15) is 30.9 Å². The topological polar surface area (TPSA) is 32.3 Å². The van der Waals surface area contributed by atoms with Crippen molar-refractivity contribution < 1.29 is 9.50 Å². The summed E-state index contributed by atoms with van der Waals surface area (Å²) in [6.07, 6.45) is 1.71. The Morgan fingerprint density at radius 1 is 1.44 bits per heavy atom. The summed E-state index contributed by atoms with van der Waals surface area (Å²) in [5.41, 5.74) is 2.07. The molecule has 1 rings (SSSR count). The van der Waals surface area contributed by atoms with Gasteiger partial charge in [0, 0.05) is 19.2 Å². The minimum atomic E-state index is -0.197. The van der Waals surface area contributed by atoms with Crippen molar-refractivity contribution in [2.45, 2.75) is 39.3 Å². The molecule has 2 nitrogen and oxygen atoms in total. The van der Waals surface area contributed by atoms with Crippen molar-refractivity contribution >= 4 is 0 Å². The lowest BCUT2D eigenvalue weighted by Crippen LogP contribution is -2.29. The number of rotatable bonds is 6. The van der Waals surface area contributed by atoms with Crippen LogP contribution < -0.4 is 5.32 Å². The molecular weight excluding hydrogens is 205 g/mol. The molecule has 0 fully saturated rings. The second-order valence-electron chi connectivity index (χ2n) is 4.07. The van der Waals surface area contributed by atoms with Gasteiger partial charge in [-0.2, -0.15) is 0 Å². The Hall–Kier alpha value is -0.930. The molecule has 2 N–H and O–H groups in total. The van der Waals surface area contributed by atoms with E-state index in [1.165, 1.54) is 6.07 Å². The minimum Gasteiger partial charge on any atom is -0.396 e. The first kappa shape index (κ1) is 13.1. The van der Waals surface area contributed by atoms with Crippen LogP contribution in [0.25, 0.3) is 0 Å². The zero-order valence-corrected chi connectivity index (χ0v) is 9.96. The number of nitrogens with one attached hydrogen (secondary N) is 1. The molecule has 0 radical (unpaired) electrons. The summed E-state index contributed by atoms with van der Waals surface area (Å²) < 4.78 is 13.0. The van der Waals surface area contributed by atoms with E-state index in [1.54, 1.807) is 12.1 Å². The smallest absolute Gasteiger partial charge is 0.123 e. The van der Waals surface area contributed by atoms with Gasteiger partial charge in [0.25, 0.3) is 0 Å². The van der Waals surface area contributed by atoms with Crippen molar-refractivity contribution in [2.24, 2.45) is 0 Å². The molecule has 1 aromatic rings. The van der Waals surface area contributed by atoms with Gasteiger partial charge in [0.1, 0.15) is 5.82 Å². The van der Waals surface area contributed by atoms with E-state index in [9.17, 15) is 4.39 Å². The van der Waals surface area contributed by atoms with Crippen LogP contribution in [-0.4, -0.2) is 17.8 Å². The molecule has 1 atom stereocenters. The Morgan fingerprint density at radius 3 is 2.81 bits per heavy atom. The van der Waals surface area contributed by atoms with Gasteiger partial charge in [-0.1, -0.05) is 13.0 Å². The Kier molecular flexibility index (Phi) is 5.43. The lowest BCUT2D eigenvalue weighted by Gasteiger charge is -2.16. The predicted molar refractivity (Wildman–Crippen MR) is 63.8 cm³/mol. The molecule has 0 bridgehead atoms. The maximum Gasteiger partial charge on any atom is 0.123 e. The molecule has 0 saturated heterocycles. The van der Waals surface area contributed by atoms with Gasteiger partial charge in [0.2, 0.25) is 0 Å². The molecule has 16 heavy (non-hydrogen) atoms. The molecule has 0 aliphatic carbocycles. The summed E-state index contributed by atoms with van der Waals surface area (Å²) in [5.74, 6) is -0.197. The Labute approximate surface area is 96.5 Å². The maximum absolute atomic E-state index is 13.0. The standard InChI is InChI=1S/C13H20FNO/c1-3-13(6-7-16)15-9-11-8-12(14)5-4-10(11)2/h4-5,8,13,15-16H,3,6-7,9H2,1-2H3. The minimum absolute atomic E-state index is 0.188. The number of halogens is 1. The molecule has 0 amide bonds. The first-order chi connectivity index (χ1) is 7.67. The van der Waals surface area contributed by atoms with E-state index in [4.69, 9.17) is 5.11 Å². The molecule has 0 aliphatic heterocycles. The van der Waals surface area contributed by atoms with Gasteiger partial charge in [-0.25, -0.2) is 4.39 Å². The van der Waals surface area contributed by atoms with Crippen LogP contribution in [0.5, 0.6) is 0 Å². The first-order valence-corrected chi connectivity index (χ1v) is 5.76. The monoisotopic (exact) mass is 225 g/mol. The molecule has 1 aromatic carbocycles. The molecule has 0 aromatic heterocycles. The van der Waals surface area contributed by atoms with Gasteiger partial charge in [-0.15, -0.1) is 0 Å². The summed E-state index contributed by atoms with van der Waals surface area (Å²) in [6, 6.07) is 5.13. The number of aliphatic hydroxyl groups is 1. The molecule has 3 heteroatoms. The van der Waals surface area contributed by atoms with Crippen LogP contribution in [0.4, 0.5) is 4.39 Å². The summed E-state index contributed by atoms with van der Waals surface area (Å²) >= 11 is 0. The molecule has 1 unspecified atom stereocenters. The third kappa shape index (κ3) is 3.91. The molecule has 90 valence electrons. The largest absolute Gasteiger partial charge is 0.396 e. The average molecular weight is 225 g/mol. The van der Waals surface area contributed by atoms with E-state index >= 15 is 0 Å². The third-order valence-electron chi connectivity index (χ3n) is 2.86. The normalized spacial score (nSPS) is 12.8. The maximum atomic E-state index is 13.0. The van der Waals surface area contributed by atoms with Crippen LogP contribution in [-0.2, 0) is 6.54 Å². The summed E-state index contributed by atoms with van der Waals surface area (Å²) in [7, 11) is 0. The molecule has 0 aliphatic rings. The fourth-order valence-electron chi connectivity index (χ4n) is 1.69. The number of aliphatic hydroxyl groups excluding tert-OH is 1. The highest BCUT2D eigenvalue weighted by Gasteiger charge is 2.06. The average Bonchev–Trinajstić information content (AvgIpc) is 2.28. The molecular formula is C13H20FNO. The lowest BCUT2D eigenvalue weighted by molar-refractivity contribution is 0.262. The van der Waals surface area contributed by atoms with Gasteiger partial charge in [-0.3, -0.25) is 0 Å². The van der Waals surface area contributed by atoms with Crippen molar-refractivity contribution in [1.82, 2.24) is 5.32 Å². The van der Waals surface area contributed by atoms with E-state index < -0.39 is 0 Å². The number of hydrogen-bond acceptors (Lipinski definition) is 2.